The van der Waals surface area contributed by atoms with Crippen LogP contribution < -0.4 is 10.6 Å². The number of pyridine rings is 1. The van der Waals surface area contributed by atoms with Crippen LogP contribution in [0.2, 0.25) is 0 Å². The van der Waals surface area contributed by atoms with E-state index in [9.17, 15) is 9.59 Å². The van der Waals surface area contributed by atoms with Crippen molar-refractivity contribution >= 4 is 11.8 Å². The van der Waals surface area contributed by atoms with Crippen LogP contribution in [-0.4, -0.2) is 22.8 Å². The van der Waals surface area contributed by atoms with Crippen molar-refractivity contribution in [1.29, 1.82) is 0 Å². The predicted octanol–water partition coefficient (Wildman–Crippen LogP) is 2.72. The van der Waals surface area contributed by atoms with Crippen molar-refractivity contribution in [2.45, 2.75) is 12.1 Å². The Morgan fingerprint density at radius 1 is 0.857 bits per heavy atom. The van der Waals surface area contributed by atoms with E-state index >= 15 is 0 Å². The summed E-state index contributed by atoms with van der Waals surface area (Å²) in [6, 6.07) is 20.9. The van der Waals surface area contributed by atoms with Crippen LogP contribution in [0.15, 0.2) is 85.2 Å². The van der Waals surface area contributed by atoms with Gasteiger partial charge in [0, 0.05) is 12.4 Å². The highest BCUT2D eigenvalue weighted by molar-refractivity contribution is 5.98. The second-order valence-corrected chi connectivity index (χ2v) is 6.08. The SMILES string of the molecule is C#C[C@H](NC(=O)c1cccnc1)C(=O)NC(c1ccccc1)c1ccccc1. The Morgan fingerprint density at radius 2 is 1.46 bits per heavy atom. The normalized spacial score (nSPS) is 11.3. The second-order valence-electron chi connectivity index (χ2n) is 6.08. The summed E-state index contributed by atoms with van der Waals surface area (Å²) in [4.78, 5) is 29.0. The van der Waals surface area contributed by atoms with E-state index in [0.717, 1.165) is 11.1 Å². The van der Waals surface area contributed by atoms with Gasteiger partial charge in [0.1, 0.15) is 0 Å². The minimum atomic E-state index is -1.11. The second kappa shape index (κ2) is 9.15. The maximum Gasteiger partial charge on any atom is 0.255 e. The van der Waals surface area contributed by atoms with Crippen molar-refractivity contribution in [3.8, 4) is 12.3 Å². The van der Waals surface area contributed by atoms with Gasteiger partial charge >= 0.3 is 0 Å². The number of carbonyl (C=O) groups is 2. The molecular weight excluding hydrogens is 350 g/mol. The smallest absolute Gasteiger partial charge is 0.255 e. The average Bonchev–Trinajstić information content (AvgIpc) is 2.77. The lowest BCUT2D eigenvalue weighted by atomic mass is 9.98. The van der Waals surface area contributed by atoms with Crippen molar-refractivity contribution in [1.82, 2.24) is 15.6 Å². The summed E-state index contributed by atoms with van der Waals surface area (Å²) in [5.74, 6) is 1.43. The van der Waals surface area contributed by atoms with Crippen LogP contribution in [0.3, 0.4) is 0 Å². The van der Waals surface area contributed by atoms with Crippen molar-refractivity contribution in [3.05, 3.63) is 102 Å². The van der Waals surface area contributed by atoms with Gasteiger partial charge in [0.15, 0.2) is 6.04 Å². The lowest BCUT2D eigenvalue weighted by Gasteiger charge is -2.22. The Bertz CT molecular complexity index is 927. The standard InChI is InChI=1S/C23H19N3O2/c1-2-20(25-22(27)19-14-9-15-24-16-19)23(28)26-21(17-10-5-3-6-11-17)18-12-7-4-8-13-18/h1,3-16,20-21H,(H,25,27)(H,26,28)/t20-/m0/s1. The molecule has 1 heterocycles. The number of hydrogen-bond acceptors (Lipinski definition) is 3. The molecule has 0 saturated carbocycles. The first kappa shape index (κ1) is 18.9. The van der Waals surface area contributed by atoms with E-state index < -0.39 is 17.9 Å². The van der Waals surface area contributed by atoms with E-state index in [0.29, 0.717) is 5.56 Å². The first-order valence-corrected chi connectivity index (χ1v) is 8.76. The molecule has 3 aromatic rings. The molecule has 0 saturated heterocycles. The zero-order chi connectivity index (χ0) is 19.8. The summed E-state index contributed by atoms with van der Waals surface area (Å²) in [7, 11) is 0. The van der Waals surface area contributed by atoms with Crippen molar-refractivity contribution < 1.29 is 9.59 Å². The number of aromatic nitrogens is 1. The van der Waals surface area contributed by atoms with E-state index in [1.54, 1.807) is 18.3 Å². The quantitative estimate of drug-likeness (QED) is 0.657. The maximum atomic E-state index is 12.8. The average molecular weight is 369 g/mol. The highest BCUT2D eigenvalue weighted by atomic mass is 16.2. The van der Waals surface area contributed by atoms with Gasteiger partial charge in [-0.05, 0) is 23.3 Å². The molecule has 0 aliphatic carbocycles. The third-order valence-electron chi connectivity index (χ3n) is 4.18. The molecule has 0 fully saturated rings. The molecule has 2 aromatic carbocycles. The van der Waals surface area contributed by atoms with E-state index in [1.165, 1.54) is 6.20 Å². The molecule has 0 spiro atoms. The van der Waals surface area contributed by atoms with Crippen molar-refractivity contribution in [3.63, 3.8) is 0 Å². The van der Waals surface area contributed by atoms with Crippen LogP contribution in [0.25, 0.3) is 0 Å². The van der Waals surface area contributed by atoms with E-state index in [-0.39, 0.29) is 6.04 Å². The Labute approximate surface area is 163 Å². The van der Waals surface area contributed by atoms with Gasteiger partial charge in [0.25, 0.3) is 11.8 Å². The van der Waals surface area contributed by atoms with Crippen molar-refractivity contribution in [2.75, 3.05) is 0 Å². The Balaban J connectivity index is 1.79. The zero-order valence-electron chi connectivity index (χ0n) is 15.1. The Hall–Kier alpha value is -3.91. The number of nitrogens with one attached hydrogen (secondary N) is 2. The number of amides is 2. The molecule has 2 N–H and O–H groups in total. The first-order chi connectivity index (χ1) is 13.7. The fraction of sp³-hybridized carbons (Fsp3) is 0.0870. The van der Waals surface area contributed by atoms with Crippen LogP contribution in [0.1, 0.15) is 27.5 Å². The van der Waals surface area contributed by atoms with Crippen LogP contribution in [0, 0.1) is 12.3 Å². The van der Waals surface area contributed by atoms with Gasteiger partial charge in [-0.15, -0.1) is 6.42 Å². The summed E-state index contributed by atoms with van der Waals surface area (Å²) < 4.78 is 0. The number of terminal acetylenes is 1. The molecule has 138 valence electrons. The third-order valence-corrected chi connectivity index (χ3v) is 4.18. The summed E-state index contributed by atoms with van der Waals surface area (Å²) in [5.41, 5.74) is 2.16. The van der Waals surface area contributed by atoms with E-state index in [4.69, 9.17) is 6.42 Å². The molecule has 0 aliphatic heterocycles. The lowest BCUT2D eigenvalue weighted by Crippen LogP contribution is -2.47. The fourth-order valence-electron chi connectivity index (χ4n) is 2.77. The largest absolute Gasteiger partial charge is 0.343 e. The molecule has 0 aliphatic rings. The summed E-state index contributed by atoms with van der Waals surface area (Å²) in [6.45, 7) is 0. The van der Waals surface area contributed by atoms with Gasteiger partial charge in [-0.1, -0.05) is 66.6 Å². The molecule has 3 rings (SSSR count). The highest BCUT2D eigenvalue weighted by Crippen LogP contribution is 2.21. The van der Waals surface area contributed by atoms with Crippen molar-refractivity contribution in [2.24, 2.45) is 0 Å². The van der Waals surface area contributed by atoms with Gasteiger partial charge in [0.05, 0.1) is 11.6 Å². The molecule has 1 aromatic heterocycles. The minimum Gasteiger partial charge on any atom is -0.343 e. The Morgan fingerprint density at radius 3 is 1.96 bits per heavy atom. The maximum absolute atomic E-state index is 12.8. The fourth-order valence-corrected chi connectivity index (χ4v) is 2.77. The molecule has 5 heteroatoms. The number of benzene rings is 2. The van der Waals surface area contributed by atoms with Crippen LogP contribution >= 0.6 is 0 Å². The summed E-state index contributed by atoms with van der Waals surface area (Å²) >= 11 is 0. The molecule has 5 nitrogen and oxygen atoms in total. The van der Waals surface area contributed by atoms with E-state index in [1.807, 2.05) is 60.7 Å². The molecule has 28 heavy (non-hydrogen) atoms. The molecular formula is C23H19N3O2. The third kappa shape index (κ3) is 4.63. The van der Waals surface area contributed by atoms with Crippen LogP contribution in [-0.2, 0) is 4.79 Å². The summed E-state index contributed by atoms with van der Waals surface area (Å²) in [5, 5.41) is 5.51. The Kier molecular flexibility index (Phi) is 6.17. The molecule has 1 atom stereocenters. The number of rotatable bonds is 6. The van der Waals surface area contributed by atoms with Gasteiger partial charge in [0.2, 0.25) is 0 Å². The number of carbonyl (C=O) groups excluding carboxylic acids is 2. The lowest BCUT2D eigenvalue weighted by molar-refractivity contribution is -0.122. The predicted molar refractivity (Wildman–Crippen MR) is 107 cm³/mol. The van der Waals surface area contributed by atoms with Gasteiger partial charge in [-0.2, -0.15) is 0 Å². The molecule has 0 bridgehead atoms. The van der Waals surface area contributed by atoms with Gasteiger partial charge in [-0.25, -0.2) is 0 Å². The first-order valence-electron chi connectivity index (χ1n) is 8.76. The zero-order valence-corrected chi connectivity index (χ0v) is 15.1. The monoisotopic (exact) mass is 369 g/mol. The molecule has 2 amide bonds. The topological polar surface area (TPSA) is 71.1 Å². The van der Waals surface area contributed by atoms with Crippen LogP contribution in [0.5, 0.6) is 0 Å². The molecule has 0 radical (unpaired) electrons. The highest BCUT2D eigenvalue weighted by Gasteiger charge is 2.23. The number of hydrogen-bond donors (Lipinski definition) is 2. The van der Waals surface area contributed by atoms with Crippen LogP contribution in [0.4, 0.5) is 0 Å². The molecule has 0 unspecified atom stereocenters. The van der Waals surface area contributed by atoms with Gasteiger partial charge < -0.3 is 10.6 Å². The van der Waals surface area contributed by atoms with E-state index in [2.05, 4.69) is 21.5 Å². The number of nitrogens with zero attached hydrogens (tertiary/aromatic N) is 1. The summed E-state index contributed by atoms with van der Waals surface area (Å²) in [6.07, 6.45) is 8.49. The van der Waals surface area contributed by atoms with Gasteiger partial charge in [-0.3, -0.25) is 14.6 Å². The minimum absolute atomic E-state index is 0.332.